The van der Waals surface area contributed by atoms with Crippen LogP contribution in [0.3, 0.4) is 0 Å². The molecule has 0 spiro atoms. The average Bonchev–Trinajstić information content (AvgIpc) is 2.59. The predicted octanol–water partition coefficient (Wildman–Crippen LogP) is 3.61. The van der Waals surface area contributed by atoms with Crippen LogP contribution in [0.4, 0.5) is 5.69 Å². The lowest BCUT2D eigenvalue weighted by Crippen LogP contribution is -2.52. The van der Waals surface area contributed by atoms with Gasteiger partial charge >= 0.3 is 0 Å². The molecule has 1 saturated heterocycles. The number of hydrogen-bond donors (Lipinski definition) is 0. The molecule has 132 valence electrons. The second-order valence-electron chi connectivity index (χ2n) is 6.53. The molecular weight excluding hydrogens is 314 g/mol. The summed E-state index contributed by atoms with van der Waals surface area (Å²) in [6, 6.07) is 9.97. The van der Waals surface area contributed by atoms with E-state index in [-0.39, 0.29) is 0 Å². The van der Waals surface area contributed by atoms with Gasteiger partial charge in [0.2, 0.25) is 5.88 Å². The van der Waals surface area contributed by atoms with E-state index in [2.05, 4.69) is 42.9 Å². The summed E-state index contributed by atoms with van der Waals surface area (Å²) < 4.78 is 11.7. The van der Waals surface area contributed by atoms with Gasteiger partial charge in [-0.15, -0.1) is 0 Å². The van der Waals surface area contributed by atoms with Gasteiger partial charge < -0.3 is 14.4 Å². The van der Waals surface area contributed by atoms with Crippen LogP contribution in [0, 0.1) is 13.8 Å². The molecule has 1 aliphatic heterocycles. The molecule has 1 aromatic carbocycles. The fraction of sp³-hybridized carbons (Fsp3) is 0.400. The number of ether oxygens (including phenoxy) is 2. The smallest absolute Gasteiger partial charge is 0.214 e. The van der Waals surface area contributed by atoms with Crippen LogP contribution < -0.4 is 4.74 Å². The highest BCUT2D eigenvalue weighted by molar-refractivity contribution is 5.64. The first-order chi connectivity index (χ1) is 12.0. The van der Waals surface area contributed by atoms with Crippen LogP contribution in [0.15, 0.2) is 41.5 Å². The van der Waals surface area contributed by atoms with Gasteiger partial charge in [-0.3, -0.25) is 0 Å². The van der Waals surface area contributed by atoms with E-state index in [0.717, 1.165) is 28.9 Å². The van der Waals surface area contributed by atoms with Gasteiger partial charge in [0.25, 0.3) is 0 Å². The SMILES string of the molecule is CCN(C)/C=N/c1cc(C)c(C2(Oc3ccccn3)COC2)cc1C. The second kappa shape index (κ2) is 7.23. The fourth-order valence-electron chi connectivity index (χ4n) is 2.84. The molecule has 3 rings (SSSR count). The van der Waals surface area contributed by atoms with Crippen LogP contribution in [0.2, 0.25) is 0 Å². The molecule has 0 aliphatic carbocycles. The Hall–Kier alpha value is -2.40. The first-order valence-corrected chi connectivity index (χ1v) is 8.58. The van der Waals surface area contributed by atoms with Crippen molar-refractivity contribution in [3.05, 3.63) is 53.2 Å². The lowest BCUT2D eigenvalue weighted by atomic mass is 9.86. The van der Waals surface area contributed by atoms with Crippen molar-refractivity contribution in [2.75, 3.05) is 26.8 Å². The third-order valence-corrected chi connectivity index (χ3v) is 4.53. The number of pyridine rings is 1. The molecule has 0 atom stereocenters. The van der Waals surface area contributed by atoms with Gasteiger partial charge in [0.15, 0.2) is 5.60 Å². The quantitative estimate of drug-likeness (QED) is 0.596. The third kappa shape index (κ3) is 3.66. The van der Waals surface area contributed by atoms with Crippen LogP contribution in [0.1, 0.15) is 23.6 Å². The van der Waals surface area contributed by atoms with E-state index in [1.807, 2.05) is 36.5 Å². The van der Waals surface area contributed by atoms with Crippen molar-refractivity contribution in [3.63, 3.8) is 0 Å². The van der Waals surface area contributed by atoms with Gasteiger partial charge in [-0.2, -0.15) is 0 Å². The van der Waals surface area contributed by atoms with Crippen molar-refractivity contribution in [2.45, 2.75) is 26.4 Å². The zero-order chi connectivity index (χ0) is 17.9. The molecule has 0 amide bonds. The van der Waals surface area contributed by atoms with Gasteiger partial charge in [0.05, 0.1) is 25.2 Å². The van der Waals surface area contributed by atoms with Crippen molar-refractivity contribution in [2.24, 2.45) is 4.99 Å². The van der Waals surface area contributed by atoms with Crippen molar-refractivity contribution in [1.82, 2.24) is 9.88 Å². The maximum atomic E-state index is 6.23. The molecule has 0 saturated carbocycles. The molecule has 25 heavy (non-hydrogen) atoms. The van der Waals surface area contributed by atoms with E-state index in [1.54, 1.807) is 6.20 Å². The summed E-state index contributed by atoms with van der Waals surface area (Å²) in [5.74, 6) is 0.620. The normalized spacial score (nSPS) is 15.8. The highest BCUT2D eigenvalue weighted by Gasteiger charge is 2.44. The van der Waals surface area contributed by atoms with Crippen LogP contribution in [0.25, 0.3) is 0 Å². The third-order valence-electron chi connectivity index (χ3n) is 4.53. The summed E-state index contributed by atoms with van der Waals surface area (Å²) in [6.07, 6.45) is 3.61. The first kappa shape index (κ1) is 17.4. The zero-order valence-corrected chi connectivity index (χ0v) is 15.3. The molecule has 5 nitrogen and oxygen atoms in total. The van der Waals surface area contributed by atoms with Gasteiger partial charge in [0.1, 0.15) is 0 Å². The molecule has 1 fully saturated rings. The predicted molar refractivity (Wildman–Crippen MR) is 99.7 cm³/mol. The molecule has 0 unspecified atom stereocenters. The molecule has 0 radical (unpaired) electrons. The number of rotatable bonds is 6. The number of aryl methyl sites for hydroxylation is 2. The second-order valence-corrected chi connectivity index (χ2v) is 6.53. The Morgan fingerprint density at radius 3 is 2.68 bits per heavy atom. The van der Waals surface area contributed by atoms with Crippen LogP contribution in [-0.2, 0) is 10.3 Å². The zero-order valence-electron chi connectivity index (χ0n) is 15.3. The van der Waals surface area contributed by atoms with Crippen molar-refractivity contribution in [1.29, 1.82) is 0 Å². The Kier molecular flexibility index (Phi) is 5.04. The van der Waals surface area contributed by atoms with E-state index in [4.69, 9.17) is 9.47 Å². The molecule has 2 heterocycles. The number of aromatic nitrogens is 1. The van der Waals surface area contributed by atoms with E-state index < -0.39 is 5.60 Å². The topological polar surface area (TPSA) is 47.0 Å². The highest BCUT2D eigenvalue weighted by atomic mass is 16.6. The summed E-state index contributed by atoms with van der Waals surface area (Å²) in [5.41, 5.74) is 3.93. The highest BCUT2D eigenvalue weighted by Crippen LogP contribution is 2.38. The van der Waals surface area contributed by atoms with Crippen molar-refractivity contribution in [3.8, 4) is 5.88 Å². The Bertz CT molecular complexity index is 755. The van der Waals surface area contributed by atoms with Crippen molar-refractivity contribution >= 4 is 12.0 Å². The number of hydrogen-bond acceptors (Lipinski definition) is 4. The molecule has 1 aromatic heterocycles. The number of benzene rings is 1. The molecule has 0 N–H and O–H groups in total. The Morgan fingerprint density at radius 1 is 1.28 bits per heavy atom. The maximum Gasteiger partial charge on any atom is 0.214 e. The van der Waals surface area contributed by atoms with E-state index in [1.165, 1.54) is 0 Å². The monoisotopic (exact) mass is 339 g/mol. The Balaban J connectivity index is 1.91. The average molecular weight is 339 g/mol. The standard InChI is InChI=1S/C20H25N3O2/c1-5-23(4)14-22-18-11-15(2)17(10-16(18)3)20(12-24-13-20)25-19-8-6-7-9-21-19/h6-11,14H,5,12-13H2,1-4H3/b22-14+. The minimum Gasteiger partial charge on any atom is -0.461 e. The summed E-state index contributed by atoms with van der Waals surface area (Å²) in [7, 11) is 2.02. The van der Waals surface area contributed by atoms with E-state index in [9.17, 15) is 0 Å². The molecule has 5 heteroatoms. The van der Waals surface area contributed by atoms with Gasteiger partial charge in [-0.05, 0) is 50.1 Å². The van der Waals surface area contributed by atoms with Crippen LogP contribution in [0.5, 0.6) is 5.88 Å². The van der Waals surface area contributed by atoms with E-state index in [0.29, 0.717) is 19.1 Å². The summed E-state index contributed by atoms with van der Waals surface area (Å²) in [5, 5.41) is 0. The Morgan fingerprint density at radius 2 is 2.08 bits per heavy atom. The largest absolute Gasteiger partial charge is 0.461 e. The fourth-order valence-corrected chi connectivity index (χ4v) is 2.84. The molecule has 2 aromatic rings. The number of nitrogens with zero attached hydrogens (tertiary/aromatic N) is 3. The maximum absolute atomic E-state index is 6.23. The number of aliphatic imine (C=N–C) groups is 1. The van der Waals surface area contributed by atoms with E-state index >= 15 is 0 Å². The lowest BCUT2D eigenvalue weighted by Gasteiger charge is -2.42. The summed E-state index contributed by atoms with van der Waals surface area (Å²) in [4.78, 5) is 10.9. The first-order valence-electron chi connectivity index (χ1n) is 8.58. The minimum atomic E-state index is -0.467. The Labute approximate surface area is 149 Å². The minimum absolute atomic E-state index is 0.467. The van der Waals surface area contributed by atoms with Crippen molar-refractivity contribution < 1.29 is 9.47 Å². The van der Waals surface area contributed by atoms with Crippen LogP contribution in [-0.4, -0.2) is 43.0 Å². The van der Waals surface area contributed by atoms with Gasteiger partial charge in [-0.25, -0.2) is 9.98 Å². The summed E-state index contributed by atoms with van der Waals surface area (Å²) >= 11 is 0. The molecular formula is C20H25N3O2. The summed E-state index contributed by atoms with van der Waals surface area (Å²) in [6.45, 7) is 8.27. The van der Waals surface area contributed by atoms with Crippen LogP contribution >= 0.6 is 0 Å². The lowest BCUT2D eigenvalue weighted by molar-refractivity contribution is -0.169. The molecule has 1 aliphatic rings. The van der Waals surface area contributed by atoms with Gasteiger partial charge in [-0.1, -0.05) is 6.07 Å². The van der Waals surface area contributed by atoms with Gasteiger partial charge in [0, 0.05) is 31.4 Å². The molecule has 0 bridgehead atoms.